The minimum Gasteiger partial charge on any atom is -0.497 e. The van der Waals surface area contributed by atoms with Crippen LogP contribution in [0.3, 0.4) is 0 Å². The Morgan fingerprint density at radius 2 is 1.86 bits per heavy atom. The van der Waals surface area contributed by atoms with E-state index in [1.54, 1.807) is 14.0 Å². The second-order valence-electron chi connectivity index (χ2n) is 7.74. The minimum absolute atomic E-state index is 0.0840. The standard InChI is InChI=1S/C23H29N3O3/c1-16-14-22(24-18-4-7-20(28-3)8-5-18)21-15-19(25-10-12-29-13-11-25)6-9-23(21)26(16)17(2)27/h4-9,15-16,22,24H,10-14H2,1-3H3/t16-,22+/m0/s1. The summed E-state index contributed by atoms with van der Waals surface area (Å²) in [6.07, 6.45) is 0.852. The molecule has 1 fully saturated rings. The van der Waals surface area contributed by atoms with Crippen LogP contribution in [-0.2, 0) is 9.53 Å². The van der Waals surface area contributed by atoms with Gasteiger partial charge in [0.05, 0.1) is 26.4 Å². The SMILES string of the molecule is COc1ccc(N[C@@H]2C[C@H](C)N(C(C)=O)c3ccc(N4CCOCC4)cc32)cc1. The number of anilines is 3. The largest absolute Gasteiger partial charge is 0.497 e. The summed E-state index contributed by atoms with van der Waals surface area (Å²) in [6.45, 7) is 7.04. The number of benzene rings is 2. The highest BCUT2D eigenvalue weighted by molar-refractivity contribution is 5.94. The Hall–Kier alpha value is -2.73. The molecule has 0 radical (unpaired) electrons. The lowest BCUT2D eigenvalue weighted by Crippen LogP contribution is -2.43. The molecule has 0 saturated carbocycles. The van der Waals surface area contributed by atoms with E-state index in [9.17, 15) is 4.79 Å². The molecule has 2 atom stereocenters. The fourth-order valence-corrected chi connectivity index (χ4v) is 4.37. The number of nitrogens with zero attached hydrogens (tertiary/aromatic N) is 2. The molecular formula is C23H29N3O3. The number of hydrogen-bond acceptors (Lipinski definition) is 5. The van der Waals surface area contributed by atoms with Crippen LogP contribution in [0.5, 0.6) is 5.75 Å². The molecular weight excluding hydrogens is 366 g/mol. The molecule has 0 bridgehead atoms. The monoisotopic (exact) mass is 395 g/mol. The summed E-state index contributed by atoms with van der Waals surface area (Å²) in [5, 5.41) is 3.67. The van der Waals surface area contributed by atoms with Crippen molar-refractivity contribution >= 4 is 23.0 Å². The van der Waals surface area contributed by atoms with Crippen molar-refractivity contribution in [3.8, 4) is 5.75 Å². The van der Waals surface area contributed by atoms with E-state index in [2.05, 4.69) is 35.3 Å². The molecule has 6 nitrogen and oxygen atoms in total. The van der Waals surface area contributed by atoms with E-state index in [0.717, 1.165) is 55.4 Å². The molecule has 154 valence electrons. The molecule has 2 aliphatic rings. The third-order valence-electron chi connectivity index (χ3n) is 5.81. The lowest BCUT2D eigenvalue weighted by molar-refractivity contribution is -0.117. The first-order chi connectivity index (χ1) is 14.1. The molecule has 6 heteroatoms. The summed E-state index contributed by atoms with van der Waals surface area (Å²) in [5.74, 6) is 0.922. The van der Waals surface area contributed by atoms with Gasteiger partial charge in [-0.2, -0.15) is 0 Å². The van der Waals surface area contributed by atoms with Crippen LogP contribution in [0.15, 0.2) is 42.5 Å². The molecule has 0 spiro atoms. The molecule has 1 N–H and O–H groups in total. The van der Waals surface area contributed by atoms with Crippen molar-refractivity contribution in [2.24, 2.45) is 0 Å². The van der Waals surface area contributed by atoms with Gasteiger partial charge in [-0.15, -0.1) is 0 Å². The molecule has 2 heterocycles. The fraction of sp³-hybridized carbons (Fsp3) is 0.435. The number of fused-ring (bicyclic) bond motifs is 1. The predicted molar refractivity (Wildman–Crippen MR) is 116 cm³/mol. The lowest BCUT2D eigenvalue weighted by atomic mass is 9.90. The number of nitrogens with one attached hydrogen (secondary N) is 1. The van der Waals surface area contributed by atoms with Crippen LogP contribution in [-0.4, -0.2) is 45.4 Å². The van der Waals surface area contributed by atoms with Gasteiger partial charge in [0, 0.05) is 48.7 Å². The molecule has 2 aromatic rings. The quantitative estimate of drug-likeness (QED) is 0.853. The van der Waals surface area contributed by atoms with Gasteiger partial charge in [-0.3, -0.25) is 4.79 Å². The van der Waals surface area contributed by atoms with Gasteiger partial charge < -0.3 is 24.6 Å². The summed E-state index contributed by atoms with van der Waals surface area (Å²) in [6, 6.07) is 14.7. The average Bonchev–Trinajstić information content (AvgIpc) is 2.74. The van der Waals surface area contributed by atoms with Gasteiger partial charge in [-0.25, -0.2) is 0 Å². The van der Waals surface area contributed by atoms with Gasteiger partial charge >= 0.3 is 0 Å². The third kappa shape index (κ3) is 4.03. The normalized spacial score (nSPS) is 21.5. The van der Waals surface area contributed by atoms with E-state index in [0.29, 0.717) is 0 Å². The van der Waals surface area contributed by atoms with Gasteiger partial charge in [-0.1, -0.05) is 0 Å². The second kappa shape index (κ2) is 8.33. The number of morpholine rings is 1. The maximum absolute atomic E-state index is 12.4. The Balaban J connectivity index is 1.68. The van der Waals surface area contributed by atoms with Crippen molar-refractivity contribution in [1.29, 1.82) is 0 Å². The number of rotatable bonds is 4. The lowest BCUT2D eigenvalue weighted by Gasteiger charge is -2.40. The predicted octanol–water partition coefficient (Wildman–Crippen LogP) is 3.83. The van der Waals surface area contributed by atoms with Crippen molar-refractivity contribution < 1.29 is 14.3 Å². The zero-order chi connectivity index (χ0) is 20.4. The van der Waals surface area contributed by atoms with Gasteiger partial charge in [0.2, 0.25) is 5.91 Å². The Labute approximate surface area is 172 Å². The molecule has 4 rings (SSSR count). The van der Waals surface area contributed by atoms with Crippen molar-refractivity contribution in [2.45, 2.75) is 32.4 Å². The molecule has 0 aromatic heterocycles. The van der Waals surface area contributed by atoms with Gasteiger partial charge in [0.15, 0.2) is 0 Å². The van der Waals surface area contributed by atoms with E-state index >= 15 is 0 Å². The van der Waals surface area contributed by atoms with Crippen LogP contribution in [0, 0.1) is 0 Å². The highest BCUT2D eigenvalue weighted by Gasteiger charge is 2.33. The zero-order valence-electron chi connectivity index (χ0n) is 17.4. The van der Waals surface area contributed by atoms with Gasteiger partial charge in [-0.05, 0) is 55.8 Å². The van der Waals surface area contributed by atoms with Crippen LogP contribution < -0.4 is 19.9 Å². The smallest absolute Gasteiger partial charge is 0.224 e. The van der Waals surface area contributed by atoms with Crippen LogP contribution >= 0.6 is 0 Å². The van der Waals surface area contributed by atoms with Crippen molar-refractivity contribution in [3.05, 3.63) is 48.0 Å². The Morgan fingerprint density at radius 1 is 1.14 bits per heavy atom. The summed E-state index contributed by atoms with van der Waals surface area (Å²) < 4.78 is 10.8. The van der Waals surface area contributed by atoms with Crippen LogP contribution in [0.1, 0.15) is 31.9 Å². The number of ether oxygens (including phenoxy) is 2. The fourth-order valence-electron chi connectivity index (χ4n) is 4.37. The summed E-state index contributed by atoms with van der Waals surface area (Å²) in [7, 11) is 1.67. The summed E-state index contributed by atoms with van der Waals surface area (Å²) >= 11 is 0. The van der Waals surface area contributed by atoms with E-state index < -0.39 is 0 Å². The zero-order valence-corrected chi connectivity index (χ0v) is 17.4. The summed E-state index contributed by atoms with van der Waals surface area (Å²) in [4.78, 5) is 16.6. The molecule has 1 amide bonds. The number of amides is 1. The van der Waals surface area contributed by atoms with E-state index in [1.165, 1.54) is 5.69 Å². The maximum atomic E-state index is 12.4. The van der Waals surface area contributed by atoms with Crippen molar-refractivity contribution in [3.63, 3.8) is 0 Å². The Kier molecular flexibility index (Phi) is 5.62. The van der Waals surface area contributed by atoms with Crippen LogP contribution in [0.4, 0.5) is 17.1 Å². The van der Waals surface area contributed by atoms with E-state index in [1.807, 2.05) is 29.2 Å². The number of carbonyl (C=O) groups excluding carboxylic acids is 1. The summed E-state index contributed by atoms with van der Waals surface area (Å²) in [5.41, 5.74) is 4.39. The first-order valence-electron chi connectivity index (χ1n) is 10.2. The topological polar surface area (TPSA) is 54.0 Å². The first-order valence-corrected chi connectivity index (χ1v) is 10.2. The van der Waals surface area contributed by atoms with Gasteiger partial charge in [0.1, 0.15) is 5.75 Å². The average molecular weight is 396 g/mol. The minimum atomic E-state index is 0.0840. The second-order valence-corrected chi connectivity index (χ2v) is 7.74. The number of hydrogen-bond donors (Lipinski definition) is 1. The van der Waals surface area contributed by atoms with Crippen molar-refractivity contribution in [2.75, 3.05) is 48.5 Å². The molecule has 2 aromatic carbocycles. The Morgan fingerprint density at radius 3 is 2.52 bits per heavy atom. The molecule has 0 aliphatic carbocycles. The number of methoxy groups -OCH3 is 1. The Bertz CT molecular complexity index is 862. The first kappa shape index (κ1) is 19.6. The van der Waals surface area contributed by atoms with E-state index in [4.69, 9.17) is 9.47 Å². The van der Waals surface area contributed by atoms with Crippen molar-refractivity contribution in [1.82, 2.24) is 0 Å². The molecule has 2 aliphatic heterocycles. The van der Waals surface area contributed by atoms with Gasteiger partial charge in [0.25, 0.3) is 0 Å². The van der Waals surface area contributed by atoms with Crippen LogP contribution in [0.25, 0.3) is 0 Å². The molecule has 29 heavy (non-hydrogen) atoms. The molecule has 1 saturated heterocycles. The highest BCUT2D eigenvalue weighted by atomic mass is 16.5. The third-order valence-corrected chi connectivity index (χ3v) is 5.81. The number of carbonyl (C=O) groups is 1. The maximum Gasteiger partial charge on any atom is 0.224 e. The highest BCUT2D eigenvalue weighted by Crippen LogP contribution is 2.41. The van der Waals surface area contributed by atoms with Crippen LogP contribution in [0.2, 0.25) is 0 Å². The van der Waals surface area contributed by atoms with E-state index in [-0.39, 0.29) is 18.0 Å². The molecule has 0 unspecified atom stereocenters.